The van der Waals surface area contributed by atoms with Gasteiger partial charge in [-0.1, -0.05) is 0 Å². The zero-order chi connectivity index (χ0) is 18.8. The average molecular weight is 373 g/mol. The van der Waals surface area contributed by atoms with E-state index in [9.17, 15) is 21.6 Å². The number of nitrogens with two attached hydrogens (primary N) is 1. The minimum atomic E-state index is -4.63. The fourth-order valence-electron chi connectivity index (χ4n) is 1.81. The molecule has 0 unspecified atom stereocenters. The molecule has 2 aromatic heterocycles. The number of nitrogen functional groups attached to an aromatic ring is 1. The molecule has 7 nitrogen and oxygen atoms in total. The van der Waals surface area contributed by atoms with Gasteiger partial charge in [0.05, 0.1) is 23.1 Å². The zero-order valence-corrected chi connectivity index (χ0v) is 14.0. The van der Waals surface area contributed by atoms with E-state index < -0.39 is 26.7 Å². The summed E-state index contributed by atoms with van der Waals surface area (Å²) in [6, 6.07) is 1.85. The van der Waals surface area contributed by atoms with Gasteiger partial charge in [-0.05, 0) is 12.1 Å². The van der Waals surface area contributed by atoms with Gasteiger partial charge in [-0.15, -0.1) is 4.40 Å². The van der Waals surface area contributed by atoms with Crippen LogP contribution in [-0.4, -0.2) is 43.7 Å². The van der Waals surface area contributed by atoms with Crippen molar-refractivity contribution in [2.75, 3.05) is 19.8 Å². The van der Waals surface area contributed by atoms with Crippen LogP contribution in [0.5, 0.6) is 0 Å². The summed E-state index contributed by atoms with van der Waals surface area (Å²) in [6.07, 6.45) is -0.711. The van der Waals surface area contributed by atoms with Crippen LogP contribution in [0.3, 0.4) is 0 Å². The van der Waals surface area contributed by atoms with Crippen LogP contribution in [-0.2, 0) is 16.2 Å². The van der Waals surface area contributed by atoms with Crippen molar-refractivity contribution in [2.24, 2.45) is 4.40 Å². The molecule has 0 atom stereocenters. The number of sulfonamides is 1. The van der Waals surface area contributed by atoms with Crippen molar-refractivity contribution in [1.29, 1.82) is 0 Å². The number of anilines is 1. The molecule has 2 rings (SSSR count). The lowest BCUT2D eigenvalue weighted by Crippen LogP contribution is -2.11. The minimum Gasteiger partial charge on any atom is -0.397 e. The predicted molar refractivity (Wildman–Crippen MR) is 86.2 cm³/mol. The molecular formula is C14H14F3N5O2S. The van der Waals surface area contributed by atoms with Crippen LogP contribution in [0.2, 0.25) is 0 Å². The maximum atomic E-state index is 12.9. The van der Waals surface area contributed by atoms with Gasteiger partial charge >= 0.3 is 6.18 Å². The van der Waals surface area contributed by atoms with Gasteiger partial charge in [0.1, 0.15) is 11.2 Å². The van der Waals surface area contributed by atoms with Crippen LogP contribution in [0.15, 0.2) is 40.0 Å². The van der Waals surface area contributed by atoms with Crippen molar-refractivity contribution in [2.45, 2.75) is 11.1 Å². The Kier molecular flexibility index (Phi) is 4.97. The summed E-state index contributed by atoms with van der Waals surface area (Å²) in [7, 11) is -1.10. The molecule has 0 saturated carbocycles. The molecule has 0 saturated heterocycles. The van der Waals surface area contributed by atoms with Gasteiger partial charge < -0.3 is 10.6 Å². The second kappa shape index (κ2) is 6.67. The van der Waals surface area contributed by atoms with Crippen LogP contribution >= 0.6 is 0 Å². The van der Waals surface area contributed by atoms with E-state index in [1.54, 1.807) is 14.1 Å². The Hall–Kier alpha value is -2.69. The third kappa shape index (κ3) is 4.44. The third-order valence-electron chi connectivity index (χ3n) is 2.91. The van der Waals surface area contributed by atoms with Crippen molar-refractivity contribution in [1.82, 2.24) is 14.9 Å². The molecule has 134 valence electrons. The second-order valence-electron chi connectivity index (χ2n) is 5.24. The Morgan fingerprint density at radius 1 is 1.20 bits per heavy atom. The molecule has 0 bridgehead atoms. The number of aromatic nitrogens is 2. The van der Waals surface area contributed by atoms with Gasteiger partial charge in [0.2, 0.25) is 0 Å². The highest BCUT2D eigenvalue weighted by Crippen LogP contribution is 2.33. The minimum absolute atomic E-state index is 0.0299. The highest BCUT2D eigenvalue weighted by atomic mass is 32.2. The van der Waals surface area contributed by atoms with Gasteiger partial charge in [0.15, 0.2) is 0 Å². The Morgan fingerprint density at radius 2 is 1.88 bits per heavy atom. The Morgan fingerprint density at radius 3 is 2.48 bits per heavy atom. The molecule has 2 aromatic rings. The number of alkyl halides is 3. The number of pyridine rings is 2. The highest BCUT2D eigenvalue weighted by molar-refractivity contribution is 7.90. The summed E-state index contributed by atoms with van der Waals surface area (Å²) in [5, 5.41) is 0. The zero-order valence-electron chi connectivity index (χ0n) is 13.2. The van der Waals surface area contributed by atoms with Crippen molar-refractivity contribution in [3.8, 4) is 11.3 Å². The lowest BCUT2D eigenvalue weighted by atomic mass is 10.1. The summed E-state index contributed by atoms with van der Waals surface area (Å²) in [5.74, 6) is 0. The number of hydrogen-bond donors (Lipinski definition) is 1. The summed E-state index contributed by atoms with van der Waals surface area (Å²) in [6.45, 7) is 0. The van der Waals surface area contributed by atoms with Gasteiger partial charge in [-0.2, -0.15) is 21.6 Å². The average Bonchev–Trinajstić information content (AvgIpc) is 2.52. The molecule has 0 aliphatic rings. The quantitative estimate of drug-likeness (QED) is 0.650. The van der Waals surface area contributed by atoms with E-state index in [0.717, 1.165) is 30.9 Å². The van der Waals surface area contributed by atoms with Gasteiger partial charge in [-0.3, -0.25) is 9.97 Å². The van der Waals surface area contributed by atoms with Gasteiger partial charge in [0.25, 0.3) is 10.0 Å². The van der Waals surface area contributed by atoms with E-state index in [1.807, 2.05) is 0 Å². The van der Waals surface area contributed by atoms with Crippen molar-refractivity contribution >= 4 is 22.0 Å². The first-order chi connectivity index (χ1) is 11.5. The summed E-state index contributed by atoms with van der Waals surface area (Å²) in [4.78, 5) is 8.36. The first-order valence-corrected chi connectivity index (χ1v) is 8.20. The van der Waals surface area contributed by atoms with Crippen molar-refractivity contribution in [3.05, 3.63) is 36.3 Å². The van der Waals surface area contributed by atoms with Crippen LogP contribution in [0.4, 0.5) is 18.9 Å². The topological polar surface area (TPSA) is 102 Å². The van der Waals surface area contributed by atoms with E-state index in [2.05, 4.69) is 14.4 Å². The van der Waals surface area contributed by atoms with Crippen LogP contribution < -0.4 is 5.73 Å². The smallest absolute Gasteiger partial charge is 0.397 e. The normalized spacial score (nSPS) is 12.5. The molecule has 0 aliphatic carbocycles. The lowest BCUT2D eigenvalue weighted by molar-refractivity contribution is -0.137. The van der Waals surface area contributed by atoms with E-state index in [-0.39, 0.29) is 16.9 Å². The van der Waals surface area contributed by atoms with E-state index >= 15 is 0 Å². The summed E-state index contributed by atoms with van der Waals surface area (Å²) < 4.78 is 66.9. The van der Waals surface area contributed by atoms with Crippen molar-refractivity contribution in [3.63, 3.8) is 0 Å². The van der Waals surface area contributed by atoms with E-state index in [4.69, 9.17) is 5.73 Å². The first-order valence-electron chi connectivity index (χ1n) is 6.76. The Bertz CT molecular complexity index is 911. The lowest BCUT2D eigenvalue weighted by Gasteiger charge is -2.11. The highest BCUT2D eigenvalue weighted by Gasteiger charge is 2.32. The molecule has 0 radical (unpaired) electrons. The maximum Gasteiger partial charge on any atom is 0.417 e. The van der Waals surface area contributed by atoms with Crippen LogP contribution in [0, 0.1) is 0 Å². The molecule has 11 heteroatoms. The largest absolute Gasteiger partial charge is 0.417 e. The fraction of sp³-hybridized carbons (Fsp3) is 0.214. The Balaban J connectivity index is 2.65. The standard InChI is InChI=1S/C14H14F3N5O2S/c1-22(2)8-21-25(23,24)12-4-11(18)7-20-13(12)9-3-10(6-19-5-9)14(15,16)17/h3-8H,18H2,1-2H3/b21-8+. The van der Waals surface area contributed by atoms with Crippen LogP contribution in [0.25, 0.3) is 11.3 Å². The predicted octanol–water partition coefficient (Wildman–Crippen LogP) is 2.02. The van der Waals surface area contributed by atoms with Gasteiger partial charge in [-0.25, -0.2) is 0 Å². The van der Waals surface area contributed by atoms with E-state index in [1.165, 1.54) is 4.90 Å². The summed E-state index contributed by atoms with van der Waals surface area (Å²) >= 11 is 0. The number of rotatable bonds is 4. The molecule has 25 heavy (non-hydrogen) atoms. The number of hydrogen-bond acceptors (Lipinski definition) is 5. The van der Waals surface area contributed by atoms with E-state index in [0.29, 0.717) is 6.20 Å². The maximum absolute atomic E-state index is 12.9. The van der Waals surface area contributed by atoms with Crippen molar-refractivity contribution < 1.29 is 21.6 Å². The van der Waals surface area contributed by atoms with Gasteiger partial charge in [0, 0.05) is 32.1 Å². The van der Waals surface area contributed by atoms with Crippen LogP contribution in [0.1, 0.15) is 5.56 Å². The second-order valence-corrected chi connectivity index (χ2v) is 6.84. The molecule has 0 aliphatic heterocycles. The molecule has 0 spiro atoms. The molecule has 0 amide bonds. The SMILES string of the molecule is CN(C)/C=N/S(=O)(=O)c1cc(N)cnc1-c1cncc(C(F)(F)F)c1. The molecule has 2 heterocycles. The Labute approximate surface area is 142 Å². The fourth-order valence-corrected chi connectivity index (χ4v) is 2.94. The number of halogens is 3. The molecule has 2 N–H and O–H groups in total. The molecule has 0 aromatic carbocycles. The summed E-state index contributed by atoms with van der Waals surface area (Å²) in [5.41, 5.74) is 4.24. The third-order valence-corrected chi connectivity index (χ3v) is 4.15. The molecule has 0 fully saturated rings. The molecular weight excluding hydrogens is 359 g/mol. The first kappa shape index (κ1) is 18.6. The monoisotopic (exact) mass is 373 g/mol. The number of nitrogens with zero attached hydrogens (tertiary/aromatic N) is 4.